The fourth-order valence-corrected chi connectivity index (χ4v) is 4.61. The van der Waals surface area contributed by atoms with Crippen molar-refractivity contribution in [3.05, 3.63) is 90.8 Å². The number of imidazole rings is 1. The lowest BCUT2D eigenvalue weighted by atomic mass is 10.1. The molecule has 0 amide bonds. The zero-order valence-corrected chi connectivity index (χ0v) is 17.9. The van der Waals surface area contributed by atoms with E-state index in [2.05, 4.69) is 9.97 Å². The Kier molecular flexibility index (Phi) is 5.53. The molecule has 2 heterocycles. The molecular weight excluding hydrogens is 427 g/mol. The van der Waals surface area contributed by atoms with Gasteiger partial charge in [-0.05, 0) is 24.6 Å². The molecule has 0 aliphatic heterocycles. The lowest BCUT2D eigenvalue weighted by Gasteiger charge is -2.10. The SMILES string of the molecule is Cc1cccc(Cn2c(SCc3c(F)cccc3Cl)nc3c2c(=O)[nH]c(=O)n3C)c1. The highest BCUT2D eigenvalue weighted by atomic mass is 35.5. The Morgan fingerprint density at radius 2 is 1.97 bits per heavy atom. The summed E-state index contributed by atoms with van der Waals surface area (Å²) in [4.78, 5) is 31.5. The fourth-order valence-electron chi connectivity index (χ4n) is 3.27. The van der Waals surface area contributed by atoms with Gasteiger partial charge in [0.25, 0.3) is 5.56 Å². The number of aromatic nitrogens is 4. The van der Waals surface area contributed by atoms with Crippen molar-refractivity contribution >= 4 is 34.5 Å². The predicted octanol–water partition coefficient (Wildman–Crippen LogP) is 3.86. The van der Waals surface area contributed by atoms with Crippen LogP contribution in [0.1, 0.15) is 16.7 Å². The van der Waals surface area contributed by atoms with Gasteiger partial charge in [-0.3, -0.25) is 14.3 Å². The Hall–Kier alpha value is -2.84. The number of aryl methyl sites for hydroxylation is 2. The number of halogens is 2. The number of fused-ring (bicyclic) bond motifs is 1. The van der Waals surface area contributed by atoms with Crippen LogP contribution in [0.4, 0.5) is 4.39 Å². The largest absolute Gasteiger partial charge is 0.329 e. The van der Waals surface area contributed by atoms with Crippen molar-refractivity contribution in [3.8, 4) is 0 Å². The monoisotopic (exact) mass is 444 g/mol. The third-order valence-electron chi connectivity index (χ3n) is 4.80. The molecule has 0 radical (unpaired) electrons. The van der Waals surface area contributed by atoms with Crippen molar-refractivity contribution in [2.24, 2.45) is 7.05 Å². The van der Waals surface area contributed by atoms with Gasteiger partial charge in [-0.2, -0.15) is 0 Å². The number of aromatic amines is 1. The van der Waals surface area contributed by atoms with Crippen LogP contribution in [0.25, 0.3) is 11.2 Å². The lowest BCUT2D eigenvalue weighted by molar-refractivity contribution is 0.617. The summed E-state index contributed by atoms with van der Waals surface area (Å²) in [5, 5.41) is 0.826. The van der Waals surface area contributed by atoms with Crippen molar-refractivity contribution in [1.29, 1.82) is 0 Å². The molecule has 0 saturated heterocycles. The number of rotatable bonds is 5. The first-order valence-corrected chi connectivity index (χ1v) is 10.5. The predicted molar refractivity (Wildman–Crippen MR) is 117 cm³/mol. The van der Waals surface area contributed by atoms with E-state index in [0.29, 0.717) is 27.8 Å². The molecule has 0 atom stereocenters. The maximum atomic E-state index is 14.2. The molecule has 0 aliphatic rings. The van der Waals surface area contributed by atoms with Crippen LogP contribution in [0.5, 0.6) is 0 Å². The van der Waals surface area contributed by atoms with Crippen LogP contribution in [-0.4, -0.2) is 19.1 Å². The van der Waals surface area contributed by atoms with Gasteiger partial charge in [0.2, 0.25) is 0 Å². The molecule has 2 aromatic heterocycles. The minimum Gasteiger partial charge on any atom is -0.309 e. The van der Waals surface area contributed by atoms with Gasteiger partial charge in [0, 0.05) is 23.4 Å². The summed E-state index contributed by atoms with van der Waals surface area (Å²) in [6.07, 6.45) is 0. The van der Waals surface area contributed by atoms with Gasteiger partial charge >= 0.3 is 5.69 Å². The highest BCUT2D eigenvalue weighted by molar-refractivity contribution is 7.98. The smallest absolute Gasteiger partial charge is 0.309 e. The van der Waals surface area contributed by atoms with E-state index in [9.17, 15) is 14.0 Å². The van der Waals surface area contributed by atoms with Gasteiger partial charge in [0.05, 0.1) is 6.54 Å². The van der Waals surface area contributed by atoms with Crippen molar-refractivity contribution in [2.75, 3.05) is 0 Å². The second-order valence-electron chi connectivity index (χ2n) is 6.95. The molecule has 2 aromatic carbocycles. The second-order valence-corrected chi connectivity index (χ2v) is 8.30. The lowest BCUT2D eigenvalue weighted by Crippen LogP contribution is -2.29. The number of H-pyrrole nitrogens is 1. The molecule has 6 nitrogen and oxygen atoms in total. The Balaban J connectivity index is 1.83. The van der Waals surface area contributed by atoms with Crippen LogP contribution in [0.15, 0.2) is 57.2 Å². The maximum Gasteiger partial charge on any atom is 0.329 e. The van der Waals surface area contributed by atoms with Crippen molar-refractivity contribution in [3.63, 3.8) is 0 Å². The Morgan fingerprint density at radius 3 is 2.70 bits per heavy atom. The molecular formula is C21H18ClFN4O2S. The molecule has 9 heteroatoms. The number of hydrogen-bond donors (Lipinski definition) is 1. The van der Waals surface area contributed by atoms with Crippen LogP contribution in [-0.2, 0) is 19.3 Å². The number of nitrogens with one attached hydrogen (secondary N) is 1. The topological polar surface area (TPSA) is 72.7 Å². The van der Waals surface area contributed by atoms with E-state index in [1.165, 1.54) is 22.4 Å². The first-order chi connectivity index (χ1) is 14.3. The van der Waals surface area contributed by atoms with Gasteiger partial charge in [0.15, 0.2) is 16.3 Å². The first-order valence-electron chi connectivity index (χ1n) is 9.16. The first kappa shape index (κ1) is 20.4. The van der Waals surface area contributed by atoms with Gasteiger partial charge in [-0.15, -0.1) is 0 Å². The third kappa shape index (κ3) is 3.80. The summed E-state index contributed by atoms with van der Waals surface area (Å²) >= 11 is 7.41. The summed E-state index contributed by atoms with van der Waals surface area (Å²) in [7, 11) is 1.55. The molecule has 0 saturated carbocycles. The van der Waals surface area contributed by atoms with Crippen molar-refractivity contribution < 1.29 is 4.39 Å². The minimum atomic E-state index is -0.540. The van der Waals surface area contributed by atoms with Crippen LogP contribution >= 0.6 is 23.4 Å². The van der Waals surface area contributed by atoms with Crippen molar-refractivity contribution in [1.82, 2.24) is 19.1 Å². The standard InChI is InChI=1S/C21H18ClFN4O2S/c1-12-5-3-6-13(9-12)10-27-17-18(26(2)20(29)25-19(17)28)24-21(27)30-11-14-15(22)7-4-8-16(14)23/h3-9H,10-11H2,1-2H3,(H,25,28,29). The van der Waals surface area contributed by atoms with Crippen LogP contribution < -0.4 is 11.2 Å². The third-order valence-corrected chi connectivity index (χ3v) is 6.16. The molecule has 0 spiro atoms. The molecule has 0 fully saturated rings. The number of hydrogen-bond acceptors (Lipinski definition) is 4. The Labute approximate surface area is 180 Å². The summed E-state index contributed by atoms with van der Waals surface area (Å²) in [5.74, 6) is -0.171. The average Bonchev–Trinajstić information content (AvgIpc) is 3.05. The minimum absolute atomic E-state index is 0.231. The number of nitrogens with zero attached hydrogens (tertiary/aromatic N) is 3. The van der Waals surface area contributed by atoms with Gasteiger partial charge < -0.3 is 4.57 Å². The zero-order valence-electron chi connectivity index (χ0n) is 16.3. The van der Waals surface area contributed by atoms with Crippen molar-refractivity contribution in [2.45, 2.75) is 24.4 Å². The summed E-state index contributed by atoms with van der Waals surface area (Å²) < 4.78 is 17.3. The van der Waals surface area contributed by atoms with Crippen LogP contribution in [0, 0.1) is 12.7 Å². The fraction of sp³-hybridized carbons (Fsp3) is 0.190. The van der Waals surface area contributed by atoms with Gasteiger partial charge in [0.1, 0.15) is 5.82 Å². The Morgan fingerprint density at radius 1 is 1.20 bits per heavy atom. The average molecular weight is 445 g/mol. The Bertz CT molecular complexity index is 1360. The maximum absolute atomic E-state index is 14.2. The summed E-state index contributed by atoms with van der Waals surface area (Å²) in [5.41, 5.74) is 1.95. The normalized spacial score (nSPS) is 11.3. The van der Waals surface area contributed by atoms with Gasteiger partial charge in [-0.25, -0.2) is 14.2 Å². The van der Waals surface area contributed by atoms with E-state index >= 15 is 0 Å². The molecule has 0 aliphatic carbocycles. The molecule has 154 valence electrons. The molecule has 0 bridgehead atoms. The highest BCUT2D eigenvalue weighted by Gasteiger charge is 2.19. The van der Waals surface area contributed by atoms with Crippen LogP contribution in [0.2, 0.25) is 5.02 Å². The highest BCUT2D eigenvalue weighted by Crippen LogP contribution is 2.30. The summed E-state index contributed by atoms with van der Waals surface area (Å²) in [6.45, 7) is 2.37. The van der Waals surface area contributed by atoms with E-state index in [1.807, 2.05) is 31.2 Å². The van der Waals surface area contributed by atoms with E-state index in [0.717, 1.165) is 11.1 Å². The summed E-state index contributed by atoms with van der Waals surface area (Å²) in [6, 6.07) is 12.4. The van der Waals surface area contributed by atoms with E-state index < -0.39 is 17.1 Å². The second kappa shape index (κ2) is 8.12. The van der Waals surface area contributed by atoms with Crippen LogP contribution in [0.3, 0.4) is 0 Å². The molecule has 1 N–H and O–H groups in total. The molecule has 4 rings (SSSR count). The van der Waals surface area contributed by atoms with E-state index in [4.69, 9.17) is 11.6 Å². The number of thioether (sulfide) groups is 1. The molecule has 4 aromatic rings. The van der Waals surface area contributed by atoms with Gasteiger partial charge in [-0.1, -0.05) is 59.3 Å². The van der Waals surface area contributed by atoms with E-state index in [1.54, 1.807) is 23.7 Å². The molecule has 0 unspecified atom stereocenters. The van der Waals surface area contributed by atoms with E-state index in [-0.39, 0.29) is 11.4 Å². The molecule has 30 heavy (non-hydrogen) atoms. The number of benzene rings is 2. The zero-order chi connectivity index (χ0) is 21.4. The quantitative estimate of drug-likeness (QED) is 0.474.